The van der Waals surface area contributed by atoms with Gasteiger partial charge in [-0.2, -0.15) is 0 Å². The van der Waals surface area contributed by atoms with Crippen LogP contribution < -0.4 is 27.2 Å². The van der Waals surface area contributed by atoms with Gasteiger partial charge < -0.3 is 17.1 Å². The lowest BCUT2D eigenvalue weighted by atomic mass is 10.2. The summed E-state index contributed by atoms with van der Waals surface area (Å²) in [6, 6.07) is 12.5. The molecule has 0 aliphatic heterocycles. The molecule has 1 amide bonds. The van der Waals surface area contributed by atoms with Crippen LogP contribution in [0.5, 0.6) is 5.75 Å². The molecule has 0 fully saturated rings. The largest absolute Gasteiger partial charge is 1.00 e. The number of carbonyl (C=O) groups excluding carboxylic acids is 1. The Kier molecular flexibility index (Phi) is 5.14. The normalized spacial score (nSPS) is 9.17. The van der Waals surface area contributed by atoms with E-state index in [0.717, 1.165) is 5.75 Å². The van der Waals surface area contributed by atoms with Crippen molar-refractivity contribution in [3.63, 3.8) is 0 Å². The van der Waals surface area contributed by atoms with Crippen LogP contribution in [-0.2, 0) is 0 Å². The highest BCUT2D eigenvalue weighted by atomic mass is 35.5. The molecule has 2 aromatic rings. The third-order valence-corrected chi connectivity index (χ3v) is 2.30. The molecule has 0 aliphatic rings. The van der Waals surface area contributed by atoms with Gasteiger partial charge in [-0.15, -0.1) is 5.43 Å². The molecule has 5 heteroatoms. The second-order valence-corrected chi connectivity index (χ2v) is 3.45. The van der Waals surface area contributed by atoms with Crippen LogP contribution in [0, 0.1) is 0 Å². The van der Waals surface area contributed by atoms with Gasteiger partial charge in [0, 0.05) is 17.7 Å². The summed E-state index contributed by atoms with van der Waals surface area (Å²) in [5.41, 5.74) is 3.32. The predicted octanol–water partition coefficient (Wildman–Crippen LogP) is -1.63. The monoisotopic (exact) mass is 264 g/mol. The number of pyridine rings is 1. The Morgan fingerprint density at radius 3 is 2.28 bits per heavy atom. The first-order chi connectivity index (χ1) is 8.29. The van der Waals surface area contributed by atoms with E-state index in [0.29, 0.717) is 5.56 Å². The minimum absolute atomic E-state index is 0. The Bertz CT molecular complexity index is 500. The number of hydrogen-bond donors (Lipinski definition) is 1. The minimum Gasteiger partial charge on any atom is -1.00 e. The number of benzene rings is 1. The first kappa shape index (κ1) is 14.0. The molecule has 0 aliphatic carbocycles. The Balaban J connectivity index is 0.00000162. The number of ether oxygens (including phenoxy) is 1. The number of amides is 1. The molecule has 0 atom stereocenters. The molecule has 0 radical (unpaired) electrons. The van der Waals surface area contributed by atoms with Crippen molar-refractivity contribution in [2.75, 3.05) is 12.5 Å². The quantitative estimate of drug-likeness (QED) is 0.677. The summed E-state index contributed by atoms with van der Waals surface area (Å²) in [5, 5.41) is 0. The molecule has 18 heavy (non-hydrogen) atoms. The number of carbonyl (C=O) groups is 1. The van der Waals surface area contributed by atoms with Gasteiger partial charge in [0.05, 0.1) is 7.11 Å². The summed E-state index contributed by atoms with van der Waals surface area (Å²) in [6.07, 6.45) is 3.53. The van der Waals surface area contributed by atoms with Crippen LogP contribution in [0.2, 0.25) is 0 Å². The second-order valence-electron chi connectivity index (χ2n) is 3.45. The fourth-order valence-corrected chi connectivity index (χ4v) is 1.40. The summed E-state index contributed by atoms with van der Waals surface area (Å²) >= 11 is 0. The molecule has 2 rings (SSSR count). The fourth-order valence-electron chi connectivity index (χ4n) is 1.40. The SMILES string of the molecule is COc1ccc(C(=O)N[n+]2ccccc2)cc1.[Cl-]. The number of halogens is 1. The summed E-state index contributed by atoms with van der Waals surface area (Å²) in [7, 11) is 1.59. The van der Waals surface area contributed by atoms with Crippen LogP contribution in [0.1, 0.15) is 10.4 Å². The number of rotatable bonds is 3. The molecule has 0 bridgehead atoms. The van der Waals surface area contributed by atoms with Crippen molar-refractivity contribution < 1.29 is 26.6 Å². The van der Waals surface area contributed by atoms with Gasteiger partial charge in [0.1, 0.15) is 5.75 Å². The molecule has 1 aromatic carbocycles. The third-order valence-electron chi connectivity index (χ3n) is 2.30. The predicted molar refractivity (Wildman–Crippen MR) is 63.3 cm³/mol. The highest BCUT2D eigenvalue weighted by molar-refractivity contribution is 5.98. The van der Waals surface area contributed by atoms with E-state index < -0.39 is 0 Å². The van der Waals surface area contributed by atoms with Gasteiger partial charge in [0.15, 0.2) is 12.4 Å². The standard InChI is InChI=1S/C13H12N2O2.ClH/c1-17-12-7-5-11(6-8-12)13(16)14-15-9-3-2-4-10-15;/h2-10H,1H3;1H. The lowest BCUT2D eigenvalue weighted by Crippen LogP contribution is -3.00. The second kappa shape index (κ2) is 6.61. The zero-order valence-electron chi connectivity index (χ0n) is 9.84. The zero-order chi connectivity index (χ0) is 12.1. The van der Waals surface area contributed by atoms with E-state index in [1.165, 1.54) is 0 Å². The molecule has 4 nitrogen and oxygen atoms in total. The minimum atomic E-state index is -0.163. The maximum absolute atomic E-state index is 11.8. The van der Waals surface area contributed by atoms with E-state index in [4.69, 9.17) is 4.74 Å². The highest BCUT2D eigenvalue weighted by Gasteiger charge is 2.09. The summed E-state index contributed by atoms with van der Waals surface area (Å²) < 4.78 is 6.63. The van der Waals surface area contributed by atoms with Gasteiger partial charge in [-0.05, 0) is 24.3 Å². The highest BCUT2D eigenvalue weighted by Crippen LogP contribution is 2.10. The molecular weight excluding hydrogens is 252 g/mol. The summed E-state index contributed by atoms with van der Waals surface area (Å²) in [6.45, 7) is 0. The van der Waals surface area contributed by atoms with Crippen LogP contribution >= 0.6 is 0 Å². The van der Waals surface area contributed by atoms with E-state index >= 15 is 0 Å². The Hall–Kier alpha value is -2.07. The van der Waals surface area contributed by atoms with Crippen LogP contribution in [0.3, 0.4) is 0 Å². The fraction of sp³-hybridized carbons (Fsp3) is 0.0769. The Morgan fingerprint density at radius 2 is 1.72 bits per heavy atom. The van der Waals surface area contributed by atoms with Crippen molar-refractivity contribution in [2.24, 2.45) is 0 Å². The number of hydrogen-bond acceptors (Lipinski definition) is 2. The van der Waals surface area contributed by atoms with Gasteiger partial charge >= 0.3 is 5.91 Å². The van der Waals surface area contributed by atoms with Crippen LogP contribution in [0.25, 0.3) is 0 Å². The number of nitrogens with zero attached hydrogens (tertiary/aromatic N) is 1. The Morgan fingerprint density at radius 1 is 1.11 bits per heavy atom. The summed E-state index contributed by atoms with van der Waals surface area (Å²) in [4.78, 5) is 11.8. The molecule has 1 aromatic heterocycles. The lowest BCUT2D eigenvalue weighted by molar-refractivity contribution is -0.641. The number of aromatic nitrogens is 1. The van der Waals surface area contributed by atoms with Gasteiger partial charge in [-0.3, -0.25) is 4.79 Å². The lowest BCUT2D eigenvalue weighted by Gasteiger charge is -2.01. The first-order valence-corrected chi connectivity index (χ1v) is 5.21. The van der Waals surface area contributed by atoms with Gasteiger partial charge in [0.2, 0.25) is 0 Å². The average Bonchev–Trinajstić information content (AvgIpc) is 2.40. The van der Waals surface area contributed by atoms with Crippen LogP contribution in [-0.4, -0.2) is 13.0 Å². The number of methoxy groups -OCH3 is 1. The van der Waals surface area contributed by atoms with Crippen molar-refractivity contribution in [3.05, 3.63) is 60.4 Å². The molecule has 1 N–H and O–H groups in total. The smallest absolute Gasteiger partial charge is 0.305 e. The molecule has 94 valence electrons. The summed E-state index contributed by atoms with van der Waals surface area (Å²) in [5.74, 6) is 0.567. The third kappa shape index (κ3) is 3.46. The molecule has 0 spiro atoms. The van der Waals surface area contributed by atoms with Crippen molar-refractivity contribution in [1.82, 2.24) is 0 Å². The topological polar surface area (TPSA) is 42.2 Å². The molecule has 0 unspecified atom stereocenters. The Labute approximate surface area is 112 Å². The van der Waals surface area contributed by atoms with E-state index in [1.807, 2.05) is 18.2 Å². The van der Waals surface area contributed by atoms with Crippen molar-refractivity contribution in [1.29, 1.82) is 0 Å². The van der Waals surface area contributed by atoms with Crippen molar-refractivity contribution in [2.45, 2.75) is 0 Å². The van der Waals surface area contributed by atoms with Crippen LogP contribution in [0.4, 0.5) is 0 Å². The van der Waals surface area contributed by atoms with E-state index in [2.05, 4.69) is 5.43 Å². The van der Waals surface area contributed by atoms with E-state index in [1.54, 1.807) is 48.4 Å². The van der Waals surface area contributed by atoms with Crippen molar-refractivity contribution >= 4 is 5.91 Å². The van der Waals surface area contributed by atoms with Gasteiger partial charge in [-0.1, -0.05) is 10.7 Å². The zero-order valence-corrected chi connectivity index (χ0v) is 10.6. The van der Waals surface area contributed by atoms with Crippen molar-refractivity contribution in [3.8, 4) is 5.75 Å². The average molecular weight is 265 g/mol. The van der Waals surface area contributed by atoms with E-state index in [-0.39, 0.29) is 18.3 Å². The maximum Gasteiger partial charge on any atom is 0.305 e. The van der Waals surface area contributed by atoms with E-state index in [9.17, 15) is 4.79 Å². The molecule has 0 saturated heterocycles. The molecular formula is C13H13ClN2O2. The number of nitrogens with one attached hydrogen (secondary N) is 1. The van der Waals surface area contributed by atoms with Gasteiger partial charge in [0.25, 0.3) is 0 Å². The van der Waals surface area contributed by atoms with Gasteiger partial charge in [-0.25, -0.2) is 0 Å². The maximum atomic E-state index is 11.8. The molecule has 1 heterocycles. The molecule has 0 saturated carbocycles. The first-order valence-electron chi connectivity index (χ1n) is 5.21. The van der Waals surface area contributed by atoms with Crippen LogP contribution in [0.15, 0.2) is 54.9 Å².